The third-order valence-corrected chi connectivity index (χ3v) is 5.58. The van der Waals surface area contributed by atoms with Crippen LogP contribution in [0.2, 0.25) is 0 Å². The fourth-order valence-corrected chi connectivity index (χ4v) is 3.60. The first-order chi connectivity index (χ1) is 8.97. The van der Waals surface area contributed by atoms with Gasteiger partial charge in [-0.25, -0.2) is 0 Å². The van der Waals surface area contributed by atoms with Gasteiger partial charge >= 0.3 is 0 Å². The van der Waals surface area contributed by atoms with Crippen molar-refractivity contribution in [1.82, 2.24) is 0 Å². The average molecular weight is 408 g/mol. The summed E-state index contributed by atoms with van der Waals surface area (Å²) in [6.45, 7) is 0.473. The highest BCUT2D eigenvalue weighted by molar-refractivity contribution is 9.13. The number of nitrogens with zero attached hydrogens (tertiary/aromatic N) is 1. The number of nitro benzene ring substituents is 1. The molecule has 0 unspecified atom stereocenters. The Balaban J connectivity index is 2.17. The highest BCUT2D eigenvalue weighted by Crippen LogP contribution is 2.34. The van der Waals surface area contributed by atoms with Gasteiger partial charge in [-0.1, -0.05) is 0 Å². The van der Waals surface area contributed by atoms with Crippen molar-refractivity contribution < 1.29 is 10.0 Å². The largest absolute Gasteiger partial charge is 0.508 e. The van der Waals surface area contributed by atoms with Crippen LogP contribution in [0.15, 0.2) is 32.5 Å². The molecule has 0 bridgehead atoms. The lowest BCUT2D eigenvalue weighted by Gasteiger charge is -2.05. The Morgan fingerprint density at radius 2 is 2.11 bits per heavy atom. The van der Waals surface area contributed by atoms with E-state index in [-0.39, 0.29) is 11.4 Å². The van der Waals surface area contributed by atoms with E-state index in [1.807, 2.05) is 6.07 Å². The molecule has 0 aliphatic rings. The summed E-state index contributed by atoms with van der Waals surface area (Å²) in [6, 6.07) is 5.97. The van der Waals surface area contributed by atoms with Crippen LogP contribution in [-0.4, -0.2) is 10.0 Å². The van der Waals surface area contributed by atoms with Crippen molar-refractivity contribution in [2.45, 2.75) is 6.54 Å². The van der Waals surface area contributed by atoms with Gasteiger partial charge in [-0.05, 0) is 50.1 Å². The third kappa shape index (κ3) is 3.46. The van der Waals surface area contributed by atoms with Gasteiger partial charge in [0, 0.05) is 15.9 Å². The summed E-state index contributed by atoms with van der Waals surface area (Å²) in [6.07, 6.45) is 0. The fraction of sp³-hybridized carbons (Fsp3) is 0.0909. The number of hydrogen-bond acceptors (Lipinski definition) is 5. The van der Waals surface area contributed by atoms with Gasteiger partial charge in [-0.2, -0.15) is 0 Å². The Morgan fingerprint density at radius 3 is 2.68 bits per heavy atom. The number of nitrogens with one attached hydrogen (secondary N) is 1. The number of benzene rings is 1. The molecule has 100 valence electrons. The second kappa shape index (κ2) is 5.89. The van der Waals surface area contributed by atoms with Crippen LogP contribution in [0.4, 0.5) is 11.4 Å². The lowest BCUT2D eigenvalue weighted by molar-refractivity contribution is -0.384. The molecule has 5 nitrogen and oxygen atoms in total. The molecule has 2 N–H and O–H groups in total. The summed E-state index contributed by atoms with van der Waals surface area (Å²) in [7, 11) is 0. The first kappa shape index (κ1) is 14.3. The van der Waals surface area contributed by atoms with Gasteiger partial charge in [0.05, 0.1) is 14.8 Å². The van der Waals surface area contributed by atoms with Crippen molar-refractivity contribution in [2.24, 2.45) is 0 Å². The van der Waals surface area contributed by atoms with Crippen LogP contribution in [0, 0.1) is 10.1 Å². The second-order valence-corrected chi connectivity index (χ2v) is 6.96. The number of halogens is 2. The number of phenols is 1. The third-order valence-electron chi connectivity index (χ3n) is 2.33. The van der Waals surface area contributed by atoms with E-state index < -0.39 is 4.92 Å². The number of aromatic hydroxyl groups is 1. The van der Waals surface area contributed by atoms with E-state index in [4.69, 9.17) is 0 Å². The summed E-state index contributed by atoms with van der Waals surface area (Å²) < 4.78 is 1.93. The van der Waals surface area contributed by atoms with E-state index in [2.05, 4.69) is 37.2 Å². The summed E-state index contributed by atoms with van der Waals surface area (Å²) >= 11 is 8.32. The molecule has 1 aromatic carbocycles. The van der Waals surface area contributed by atoms with Crippen LogP contribution in [0.1, 0.15) is 4.88 Å². The summed E-state index contributed by atoms with van der Waals surface area (Å²) in [5.41, 5.74) is 0.234. The number of nitro groups is 1. The molecule has 0 fully saturated rings. The van der Waals surface area contributed by atoms with Crippen molar-refractivity contribution in [3.63, 3.8) is 0 Å². The van der Waals surface area contributed by atoms with Gasteiger partial charge in [-0.15, -0.1) is 11.3 Å². The van der Waals surface area contributed by atoms with Crippen LogP contribution in [-0.2, 0) is 6.54 Å². The molecule has 0 aliphatic heterocycles. The normalized spacial score (nSPS) is 10.4. The molecule has 0 saturated heterocycles. The summed E-state index contributed by atoms with van der Waals surface area (Å²) in [5, 5.41) is 23.1. The number of hydrogen-bond donors (Lipinski definition) is 2. The molecular weight excluding hydrogens is 400 g/mol. The SMILES string of the molecule is O=[N+]([O-])c1cc(O)ccc1NCc1cc(Br)c(Br)s1. The van der Waals surface area contributed by atoms with Gasteiger partial charge in [0.25, 0.3) is 5.69 Å². The maximum atomic E-state index is 10.9. The van der Waals surface area contributed by atoms with Gasteiger partial charge in [0.2, 0.25) is 0 Å². The standard InChI is InChI=1S/C11H8Br2N2O3S/c12-8-4-7(19-11(8)13)5-14-9-2-1-6(16)3-10(9)15(17)18/h1-4,14,16H,5H2. The summed E-state index contributed by atoms with van der Waals surface area (Å²) in [5.74, 6) is -0.126. The number of rotatable bonds is 4. The van der Waals surface area contributed by atoms with Crippen LogP contribution >= 0.6 is 43.2 Å². The molecular formula is C11H8Br2N2O3S. The van der Waals surface area contributed by atoms with Crippen molar-refractivity contribution in [1.29, 1.82) is 0 Å². The zero-order valence-corrected chi connectivity index (χ0v) is 13.4. The topological polar surface area (TPSA) is 75.4 Å². The predicted octanol–water partition coefficient (Wildman–Crippen LogP) is 4.50. The predicted molar refractivity (Wildman–Crippen MR) is 81.8 cm³/mol. The maximum Gasteiger partial charge on any atom is 0.296 e. The molecule has 8 heteroatoms. The first-order valence-electron chi connectivity index (χ1n) is 5.12. The molecule has 0 amide bonds. The average Bonchev–Trinajstić information content (AvgIpc) is 2.67. The van der Waals surface area contributed by atoms with Gasteiger partial charge in [0.1, 0.15) is 11.4 Å². The Hall–Kier alpha value is -1.12. The highest BCUT2D eigenvalue weighted by Gasteiger charge is 2.14. The smallest absolute Gasteiger partial charge is 0.296 e. The Labute approximate surface area is 129 Å². The highest BCUT2D eigenvalue weighted by atomic mass is 79.9. The van der Waals surface area contributed by atoms with E-state index in [0.717, 1.165) is 19.2 Å². The van der Waals surface area contributed by atoms with Crippen molar-refractivity contribution >= 4 is 54.6 Å². The molecule has 0 saturated carbocycles. The van der Waals surface area contributed by atoms with Crippen molar-refractivity contribution in [3.8, 4) is 5.75 Å². The van der Waals surface area contributed by atoms with E-state index in [9.17, 15) is 15.2 Å². The molecule has 0 atom stereocenters. The van der Waals surface area contributed by atoms with Crippen molar-refractivity contribution in [2.75, 3.05) is 5.32 Å². The summed E-state index contributed by atoms with van der Waals surface area (Å²) in [4.78, 5) is 11.4. The minimum atomic E-state index is -0.525. The van der Waals surface area contributed by atoms with Crippen molar-refractivity contribution in [3.05, 3.63) is 47.5 Å². The Kier molecular flexibility index (Phi) is 4.43. The van der Waals surface area contributed by atoms with Crippen LogP contribution < -0.4 is 5.32 Å². The number of phenolic OH excluding ortho intramolecular Hbond substituents is 1. The minimum Gasteiger partial charge on any atom is -0.508 e. The minimum absolute atomic E-state index is 0.126. The molecule has 0 spiro atoms. The Bertz CT molecular complexity index is 611. The zero-order chi connectivity index (χ0) is 14.0. The van der Waals surface area contributed by atoms with Crippen LogP contribution in [0.3, 0.4) is 0 Å². The molecule has 0 radical (unpaired) electrons. The van der Waals surface area contributed by atoms with E-state index in [1.54, 1.807) is 0 Å². The fourth-order valence-electron chi connectivity index (χ4n) is 1.48. The number of thiophene rings is 1. The molecule has 2 aromatic rings. The second-order valence-electron chi connectivity index (χ2n) is 3.65. The van der Waals surface area contributed by atoms with E-state index in [0.29, 0.717) is 12.2 Å². The van der Waals surface area contributed by atoms with Gasteiger partial charge in [-0.3, -0.25) is 10.1 Å². The quantitative estimate of drug-likeness (QED) is 0.444. The molecule has 2 rings (SSSR count). The molecule has 19 heavy (non-hydrogen) atoms. The monoisotopic (exact) mass is 406 g/mol. The molecule has 0 aliphatic carbocycles. The number of anilines is 1. The van der Waals surface area contributed by atoms with E-state index in [1.165, 1.54) is 23.5 Å². The molecule has 1 heterocycles. The van der Waals surface area contributed by atoms with Gasteiger partial charge < -0.3 is 10.4 Å². The van der Waals surface area contributed by atoms with Crippen LogP contribution in [0.5, 0.6) is 5.75 Å². The maximum absolute atomic E-state index is 10.9. The molecule has 1 aromatic heterocycles. The lowest BCUT2D eigenvalue weighted by atomic mass is 10.2. The lowest BCUT2D eigenvalue weighted by Crippen LogP contribution is -2.01. The zero-order valence-electron chi connectivity index (χ0n) is 9.39. The van der Waals surface area contributed by atoms with Crippen LogP contribution in [0.25, 0.3) is 0 Å². The van der Waals surface area contributed by atoms with E-state index >= 15 is 0 Å². The Morgan fingerprint density at radius 1 is 1.37 bits per heavy atom. The first-order valence-corrected chi connectivity index (χ1v) is 7.52. The van der Waals surface area contributed by atoms with Gasteiger partial charge in [0.15, 0.2) is 0 Å².